The Hall–Kier alpha value is -0.550. The van der Waals surface area contributed by atoms with Crippen molar-refractivity contribution in [2.24, 2.45) is 0 Å². The molecule has 1 N–H and O–H groups in total. The van der Waals surface area contributed by atoms with Crippen molar-refractivity contribution in [3.05, 3.63) is 49.6 Å². The van der Waals surface area contributed by atoms with Crippen LogP contribution in [0.4, 0.5) is 0 Å². The minimum Gasteiger partial charge on any atom is -0.495 e. The number of thiophene rings is 1. The number of halogens is 2. The van der Waals surface area contributed by atoms with Crippen LogP contribution in [0.25, 0.3) is 0 Å². The molecule has 0 aliphatic rings. The summed E-state index contributed by atoms with van der Waals surface area (Å²) in [5.74, 6) is 0.568. The van der Waals surface area contributed by atoms with E-state index >= 15 is 0 Å². The highest BCUT2D eigenvalue weighted by Gasteiger charge is 2.14. The smallest absolute Gasteiger partial charge is 0.137 e. The van der Waals surface area contributed by atoms with Crippen molar-refractivity contribution in [2.75, 3.05) is 7.11 Å². The van der Waals surface area contributed by atoms with Gasteiger partial charge >= 0.3 is 0 Å². The minimum absolute atomic E-state index is 0.538. The summed E-state index contributed by atoms with van der Waals surface area (Å²) in [6, 6.07) is 9.07. The van der Waals surface area contributed by atoms with Crippen LogP contribution in [0.5, 0.6) is 5.75 Å². The van der Waals surface area contributed by atoms with Crippen molar-refractivity contribution in [3.8, 4) is 5.75 Å². The maximum absolute atomic E-state index is 10.2. The Balaban J connectivity index is 2.34. The molecule has 17 heavy (non-hydrogen) atoms. The van der Waals surface area contributed by atoms with Gasteiger partial charge < -0.3 is 9.84 Å². The molecule has 1 heterocycles. The zero-order valence-corrected chi connectivity index (χ0v) is 12.1. The van der Waals surface area contributed by atoms with Gasteiger partial charge in [0.25, 0.3) is 0 Å². The van der Waals surface area contributed by atoms with Crippen LogP contribution in [-0.4, -0.2) is 12.2 Å². The van der Waals surface area contributed by atoms with Crippen LogP contribution in [-0.2, 0) is 0 Å². The minimum atomic E-state index is -0.655. The molecule has 1 aromatic carbocycles. The van der Waals surface area contributed by atoms with Gasteiger partial charge in [-0.05, 0) is 45.8 Å². The molecule has 0 saturated heterocycles. The topological polar surface area (TPSA) is 29.5 Å². The fraction of sp³-hybridized carbons (Fsp3) is 0.167. The zero-order chi connectivity index (χ0) is 12.4. The van der Waals surface area contributed by atoms with Crippen LogP contribution in [0.3, 0.4) is 0 Å². The zero-order valence-electron chi connectivity index (χ0n) is 8.98. The first-order valence-electron chi connectivity index (χ1n) is 4.88. The van der Waals surface area contributed by atoms with Crippen LogP contribution in [0.1, 0.15) is 16.5 Å². The van der Waals surface area contributed by atoms with Crippen molar-refractivity contribution in [2.45, 2.75) is 6.10 Å². The van der Waals surface area contributed by atoms with Gasteiger partial charge in [0.2, 0.25) is 0 Å². The lowest BCUT2D eigenvalue weighted by Gasteiger charge is -2.11. The Bertz CT molecular complexity index is 527. The van der Waals surface area contributed by atoms with E-state index in [1.807, 2.05) is 12.1 Å². The molecule has 1 atom stereocenters. The molecular formula is C12H10BrClO2S. The van der Waals surface area contributed by atoms with E-state index < -0.39 is 6.10 Å². The SMILES string of the molecule is COc1cc(C(O)c2ccc(Br)s2)ccc1Cl. The summed E-state index contributed by atoms with van der Waals surface area (Å²) in [5, 5.41) is 10.7. The van der Waals surface area contributed by atoms with Gasteiger partial charge in [-0.25, -0.2) is 0 Å². The summed E-state index contributed by atoms with van der Waals surface area (Å²) < 4.78 is 6.12. The van der Waals surface area contributed by atoms with E-state index in [0.29, 0.717) is 10.8 Å². The van der Waals surface area contributed by atoms with E-state index in [9.17, 15) is 5.11 Å². The molecule has 0 amide bonds. The second kappa shape index (κ2) is 5.40. The third kappa shape index (κ3) is 2.83. The van der Waals surface area contributed by atoms with Gasteiger partial charge in [-0.15, -0.1) is 11.3 Å². The second-order valence-corrected chi connectivity index (χ2v) is 6.34. The van der Waals surface area contributed by atoms with Crippen LogP contribution in [0.2, 0.25) is 5.02 Å². The molecule has 0 aliphatic carbocycles. The van der Waals surface area contributed by atoms with E-state index in [0.717, 1.165) is 14.2 Å². The first-order chi connectivity index (χ1) is 8.11. The molecule has 0 fully saturated rings. The number of aliphatic hydroxyl groups is 1. The Morgan fingerprint density at radius 2 is 2.12 bits per heavy atom. The third-order valence-corrected chi connectivity index (χ3v) is 4.34. The molecule has 0 saturated carbocycles. The first kappa shape index (κ1) is 12.9. The van der Waals surface area contributed by atoms with Crippen molar-refractivity contribution < 1.29 is 9.84 Å². The van der Waals surface area contributed by atoms with E-state index in [1.165, 1.54) is 11.3 Å². The number of hydrogen-bond donors (Lipinski definition) is 1. The molecule has 2 aromatic rings. The number of hydrogen-bond acceptors (Lipinski definition) is 3. The molecule has 0 radical (unpaired) electrons. The van der Waals surface area contributed by atoms with Crippen LogP contribution in [0, 0.1) is 0 Å². The van der Waals surface area contributed by atoms with Crippen LogP contribution < -0.4 is 4.74 Å². The molecule has 2 nitrogen and oxygen atoms in total. The van der Waals surface area contributed by atoms with Crippen LogP contribution >= 0.6 is 38.9 Å². The number of methoxy groups -OCH3 is 1. The monoisotopic (exact) mass is 332 g/mol. The lowest BCUT2D eigenvalue weighted by molar-refractivity contribution is 0.223. The van der Waals surface area contributed by atoms with Crippen LogP contribution in [0.15, 0.2) is 34.1 Å². The maximum Gasteiger partial charge on any atom is 0.137 e. The fourth-order valence-electron chi connectivity index (χ4n) is 1.49. The Morgan fingerprint density at radius 1 is 1.35 bits per heavy atom. The van der Waals surface area contributed by atoms with Gasteiger partial charge in [0.15, 0.2) is 0 Å². The van der Waals surface area contributed by atoms with Gasteiger partial charge in [0.05, 0.1) is 15.9 Å². The molecule has 2 rings (SSSR count). The molecule has 1 aromatic heterocycles. The normalized spacial score (nSPS) is 12.5. The van der Waals surface area contributed by atoms with Gasteiger partial charge in [0, 0.05) is 4.88 Å². The predicted molar refractivity (Wildman–Crippen MR) is 74.1 cm³/mol. The highest BCUT2D eigenvalue weighted by atomic mass is 79.9. The molecule has 0 bridgehead atoms. The Morgan fingerprint density at radius 3 is 2.71 bits per heavy atom. The highest BCUT2D eigenvalue weighted by molar-refractivity contribution is 9.11. The summed E-state index contributed by atoms with van der Waals surface area (Å²) in [5.41, 5.74) is 0.764. The third-order valence-electron chi connectivity index (χ3n) is 2.35. The second-order valence-electron chi connectivity index (χ2n) is 3.44. The van der Waals surface area contributed by atoms with Gasteiger partial charge in [-0.2, -0.15) is 0 Å². The molecule has 5 heteroatoms. The van der Waals surface area contributed by atoms with Gasteiger partial charge in [-0.3, -0.25) is 0 Å². The maximum atomic E-state index is 10.2. The van der Waals surface area contributed by atoms with Crippen molar-refractivity contribution in [3.63, 3.8) is 0 Å². The number of aliphatic hydroxyl groups excluding tert-OH is 1. The van der Waals surface area contributed by atoms with E-state index in [2.05, 4.69) is 15.9 Å². The summed E-state index contributed by atoms with van der Waals surface area (Å²) in [6.45, 7) is 0. The average Bonchev–Trinajstić information content (AvgIpc) is 2.75. The van der Waals surface area contributed by atoms with Crippen molar-refractivity contribution in [1.29, 1.82) is 0 Å². The Kier molecular flexibility index (Phi) is 4.09. The average molecular weight is 334 g/mol. The van der Waals surface area contributed by atoms with Gasteiger partial charge in [-0.1, -0.05) is 17.7 Å². The highest BCUT2D eigenvalue weighted by Crippen LogP contribution is 2.34. The molecule has 0 spiro atoms. The number of rotatable bonds is 3. The summed E-state index contributed by atoms with van der Waals surface area (Å²) >= 11 is 10.8. The first-order valence-corrected chi connectivity index (χ1v) is 6.87. The molecule has 1 unspecified atom stereocenters. The lowest BCUT2D eigenvalue weighted by atomic mass is 10.1. The lowest BCUT2D eigenvalue weighted by Crippen LogP contribution is -1.97. The van der Waals surface area contributed by atoms with E-state index in [4.69, 9.17) is 16.3 Å². The summed E-state index contributed by atoms with van der Waals surface area (Å²) in [6.07, 6.45) is -0.655. The molecular weight excluding hydrogens is 324 g/mol. The number of benzene rings is 1. The summed E-state index contributed by atoms with van der Waals surface area (Å²) in [7, 11) is 1.55. The standard InChI is InChI=1S/C12H10BrClO2S/c1-16-9-6-7(2-3-8(9)14)12(15)10-4-5-11(13)17-10/h2-6,12,15H,1H3. The molecule has 90 valence electrons. The predicted octanol–water partition coefficient (Wildman–Crippen LogP) is 4.25. The van der Waals surface area contributed by atoms with Gasteiger partial charge in [0.1, 0.15) is 11.9 Å². The quantitative estimate of drug-likeness (QED) is 0.909. The largest absolute Gasteiger partial charge is 0.495 e. The number of ether oxygens (including phenoxy) is 1. The summed E-state index contributed by atoms with van der Waals surface area (Å²) in [4.78, 5) is 0.876. The van der Waals surface area contributed by atoms with Crippen molar-refractivity contribution >= 4 is 38.9 Å². The van der Waals surface area contributed by atoms with Crippen molar-refractivity contribution in [1.82, 2.24) is 0 Å². The molecule has 0 aliphatic heterocycles. The van der Waals surface area contributed by atoms with E-state index in [1.54, 1.807) is 25.3 Å². The van der Waals surface area contributed by atoms with E-state index in [-0.39, 0.29) is 0 Å². The fourth-order valence-corrected chi connectivity index (χ4v) is 3.12. The Labute approximate surface area is 117 Å².